The van der Waals surface area contributed by atoms with Crippen LogP contribution in [0.15, 0.2) is 0 Å². The van der Waals surface area contributed by atoms with Gasteiger partial charge in [-0.25, -0.2) is 0 Å². The van der Waals surface area contributed by atoms with E-state index in [2.05, 4.69) is 17.1 Å². The van der Waals surface area contributed by atoms with E-state index < -0.39 is 16.0 Å². The maximum atomic E-state index is 13.1. The van der Waals surface area contributed by atoms with Crippen molar-refractivity contribution in [1.29, 1.82) is 0 Å². The molecule has 1 spiro atoms. The summed E-state index contributed by atoms with van der Waals surface area (Å²) in [7, 11) is -3.50. The lowest BCUT2D eigenvalue weighted by Crippen LogP contribution is -2.53. The Hall–Kier alpha value is -0.780. The van der Waals surface area contributed by atoms with Gasteiger partial charge in [-0.15, -0.1) is 0 Å². The fraction of sp³-hybridized carbons (Fsp3) is 0.957. The molecule has 0 radical (unpaired) electrons. The van der Waals surface area contributed by atoms with Crippen LogP contribution in [-0.2, 0) is 24.5 Å². The zero-order chi connectivity index (χ0) is 23.3. The van der Waals surface area contributed by atoms with E-state index in [1.54, 1.807) is 8.61 Å². The Kier molecular flexibility index (Phi) is 8.67. The minimum atomic E-state index is -3.50. The highest BCUT2D eigenvalue weighted by molar-refractivity contribution is 7.86. The standard InChI is InChI=1S/C23H42N4O5S/c1-2-21-6-3-4-12-25(21)13-5-11-24-22(28)20-7-14-26(15-8-20)33(29,30)27-16-9-23(10-17-27)31-18-19-32-23/h20-21H,2-19H2,1H3,(H,24,28)/t21-/m1/s1. The van der Waals surface area contributed by atoms with E-state index in [0.29, 0.717) is 77.7 Å². The average molecular weight is 487 g/mol. The summed E-state index contributed by atoms with van der Waals surface area (Å²) in [4.78, 5) is 15.2. The number of hydrogen-bond acceptors (Lipinski definition) is 6. The molecule has 1 amide bonds. The molecule has 10 heteroatoms. The molecule has 4 heterocycles. The summed E-state index contributed by atoms with van der Waals surface area (Å²) < 4.78 is 40.7. The monoisotopic (exact) mass is 486 g/mol. The van der Waals surface area contributed by atoms with Gasteiger partial charge in [-0.05, 0) is 45.1 Å². The predicted octanol–water partition coefficient (Wildman–Crippen LogP) is 1.55. The topological polar surface area (TPSA) is 91.4 Å². The van der Waals surface area contributed by atoms with Gasteiger partial charge in [-0.1, -0.05) is 13.3 Å². The van der Waals surface area contributed by atoms with Crippen molar-refractivity contribution in [2.45, 2.75) is 76.5 Å². The molecule has 0 aromatic heterocycles. The highest BCUT2D eigenvalue weighted by Gasteiger charge is 2.44. The van der Waals surface area contributed by atoms with Gasteiger partial charge in [0.2, 0.25) is 5.91 Å². The number of hydrogen-bond donors (Lipinski definition) is 1. The molecule has 4 fully saturated rings. The molecule has 33 heavy (non-hydrogen) atoms. The summed E-state index contributed by atoms with van der Waals surface area (Å²) in [6.45, 7) is 7.99. The van der Waals surface area contributed by atoms with Crippen LogP contribution in [0.5, 0.6) is 0 Å². The molecule has 4 saturated heterocycles. The first-order valence-corrected chi connectivity index (χ1v) is 14.4. The van der Waals surface area contributed by atoms with Crippen molar-refractivity contribution in [3.8, 4) is 0 Å². The lowest BCUT2D eigenvalue weighted by Gasteiger charge is -2.40. The first-order chi connectivity index (χ1) is 15.9. The Balaban J connectivity index is 1.16. The van der Waals surface area contributed by atoms with Crippen molar-refractivity contribution >= 4 is 16.1 Å². The van der Waals surface area contributed by atoms with Crippen LogP contribution in [0.4, 0.5) is 0 Å². The first-order valence-electron chi connectivity index (χ1n) is 13.0. The van der Waals surface area contributed by atoms with Crippen molar-refractivity contribution in [2.75, 3.05) is 59.0 Å². The maximum Gasteiger partial charge on any atom is 0.281 e. The van der Waals surface area contributed by atoms with Gasteiger partial charge >= 0.3 is 0 Å². The second-order valence-corrected chi connectivity index (χ2v) is 11.9. The molecular weight excluding hydrogens is 444 g/mol. The quantitative estimate of drug-likeness (QED) is 0.524. The lowest BCUT2D eigenvalue weighted by atomic mass is 9.97. The van der Waals surface area contributed by atoms with Gasteiger partial charge in [-0.2, -0.15) is 17.0 Å². The number of carbonyl (C=O) groups excluding carboxylic acids is 1. The largest absolute Gasteiger partial charge is 0.356 e. The highest BCUT2D eigenvalue weighted by Crippen LogP contribution is 2.33. The number of nitrogens with zero attached hydrogens (tertiary/aromatic N) is 3. The Bertz CT molecular complexity index is 740. The molecule has 4 rings (SSSR count). The summed E-state index contributed by atoms with van der Waals surface area (Å²) in [5, 5.41) is 3.10. The zero-order valence-electron chi connectivity index (χ0n) is 20.2. The molecule has 4 aliphatic heterocycles. The highest BCUT2D eigenvalue weighted by atomic mass is 32.2. The number of piperidine rings is 3. The van der Waals surface area contributed by atoms with E-state index >= 15 is 0 Å². The predicted molar refractivity (Wildman–Crippen MR) is 126 cm³/mol. The van der Waals surface area contributed by atoms with Gasteiger partial charge in [0.05, 0.1) is 13.2 Å². The third kappa shape index (κ3) is 6.08. The van der Waals surface area contributed by atoms with Crippen LogP contribution in [0.3, 0.4) is 0 Å². The normalized spacial score (nSPS) is 28.3. The number of likely N-dealkylation sites (tertiary alicyclic amines) is 1. The zero-order valence-corrected chi connectivity index (χ0v) is 21.0. The summed E-state index contributed by atoms with van der Waals surface area (Å²) in [5.74, 6) is -0.601. The van der Waals surface area contributed by atoms with Crippen molar-refractivity contribution in [3.05, 3.63) is 0 Å². The van der Waals surface area contributed by atoms with Gasteiger partial charge in [0.1, 0.15) is 0 Å². The second kappa shape index (κ2) is 11.3. The third-order valence-electron chi connectivity index (χ3n) is 7.92. The molecule has 0 unspecified atom stereocenters. The number of rotatable bonds is 8. The van der Waals surface area contributed by atoms with Gasteiger partial charge in [0, 0.05) is 64.1 Å². The summed E-state index contributed by atoms with van der Waals surface area (Å²) >= 11 is 0. The molecule has 190 valence electrons. The molecule has 1 N–H and O–H groups in total. The Morgan fingerprint density at radius 3 is 2.30 bits per heavy atom. The van der Waals surface area contributed by atoms with Gasteiger partial charge in [0.15, 0.2) is 5.79 Å². The minimum absolute atomic E-state index is 0.0770. The molecule has 9 nitrogen and oxygen atoms in total. The van der Waals surface area contributed by atoms with E-state index in [1.807, 2.05) is 0 Å². The van der Waals surface area contributed by atoms with Crippen LogP contribution in [0.25, 0.3) is 0 Å². The molecule has 0 bridgehead atoms. The van der Waals surface area contributed by atoms with Crippen LogP contribution < -0.4 is 5.32 Å². The Labute approximate surface area is 199 Å². The smallest absolute Gasteiger partial charge is 0.281 e. The molecule has 0 aromatic rings. The SMILES string of the molecule is CC[C@@H]1CCCCN1CCCNC(=O)C1CCN(S(=O)(=O)N2CCC3(CC2)OCCO3)CC1. The molecular formula is C23H42N4O5S. The number of carbonyl (C=O) groups is 1. The summed E-state index contributed by atoms with van der Waals surface area (Å²) in [6, 6.07) is 0.699. The minimum Gasteiger partial charge on any atom is -0.356 e. The van der Waals surface area contributed by atoms with E-state index in [1.165, 1.54) is 32.2 Å². The molecule has 0 aliphatic carbocycles. The number of nitrogens with one attached hydrogen (secondary N) is 1. The van der Waals surface area contributed by atoms with Crippen molar-refractivity contribution < 1.29 is 22.7 Å². The third-order valence-corrected chi connectivity index (χ3v) is 9.95. The molecule has 0 saturated carbocycles. The van der Waals surface area contributed by atoms with Crippen LogP contribution in [0.2, 0.25) is 0 Å². The van der Waals surface area contributed by atoms with Gasteiger partial charge < -0.3 is 19.7 Å². The maximum absolute atomic E-state index is 13.1. The Morgan fingerprint density at radius 1 is 0.970 bits per heavy atom. The van der Waals surface area contributed by atoms with Crippen LogP contribution in [0, 0.1) is 5.92 Å². The van der Waals surface area contributed by atoms with Crippen LogP contribution in [-0.4, -0.2) is 98.7 Å². The van der Waals surface area contributed by atoms with Crippen molar-refractivity contribution in [3.63, 3.8) is 0 Å². The lowest BCUT2D eigenvalue weighted by molar-refractivity contribution is -0.179. The van der Waals surface area contributed by atoms with E-state index in [0.717, 1.165) is 13.0 Å². The van der Waals surface area contributed by atoms with E-state index in [4.69, 9.17) is 9.47 Å². The first kappa shape index (κ1) is 25.3. The van der Waals surface area contributed by atoms with Crippen molar-refractivity contribution in [1.82, 2.24) is 18.8 Å². The number of amides is 1. The van der Waals surface area contributed by atoms with Crippen LogP contribution in [0.1, 0.15) is 64.7 Å². The van der Waals surface area contributed by atoms with E-state index in [-0.39, 0.29) is 11.8 Å². The average Bonchev–Trinajstić information content (AvgIpc) is 3.30. The fourth-order valence-electron chi connectivity index (χ4n) is 5.81. The summed E-state index contributed by atoms with van der Waals surface area (Å²) in [5.41, 5.74) is 0. The fourth-order valence-corrected chi connectivity index (χ4v) is 7.45. The van der Waals surface area contributed by atoms with Crippen molar-refractivity contribution in [2.24, 2.45) is 5.92 Å². The molecule has 1 atom stereocenters. The van der Waals surface area contributed by atoms with Gasteiger partial charge in [-0.3, -0.25) is 4.79 Å². The van der Waals surface area contributed by atoms with Crippen LogP contribution >= 0.6 is 0 Å². The van der Waals surface area contributed by atoms with E-state index in [9.17, 15) is 13.2 Å². The summed E-state index contributed by atoms with van der Waals surface area (Å²) in [6.07, 6.45) is 8.39. The second-order valence-electron chi connectivity index (χ2n) is 9.93. The molecule has 0 aromatic carbocycles. The molecule has 4 aliphatic rings. The van der Waals surface area contributed by atoms with Gasteiger partial charge in [0.25, 0.3) is 10.2 Å². The Morgan fingerprint density at radius 2 is 1.64 bits per heavy atom. The number of ether oxygens (including phenoxy) is 2.